The molecule has 7 nitrogen and oxygen atoms in total. The van der Waals surface area contributed by atoms with Crippen molar-refractivity contribution in [3.05, 3.63) is 35.9 Å². The SMILES string of the molecule is CC(C)(C)OC(=O)N1C[C@@H]2O[C@@H]2[C@H]1C(=O)NOCc1ccccc1. The summed E-state index contributed by atoms with van der Waals surface area (Å²) >= 11 is 0. The van der Waals surface area contributed by atoms with E-state index in [0.717, 1.165) is 5.56 Å². The first-order valence-corrected chi connectivity index (χ1v) is 7.96. The number of hydroxylamine groups is 1. The summed E-state index contributed by atoms with van der Waals surface area (Å²) in [7, 11) is 0. The zero-order chi connectivity index (χ0) is 17.3. The molecule has 0 radical (unpaired) electrons. The molecule has 2 heterocycles. The molecule has 1 aromatic rings. The van der Waals surface area contributed by atoms with Crippen molar-refractivity contribution in [2.75, 3.05) is 6.54 Å². The number of benzene rings is 1. The summed E-state index contributed by atoms with van der Waals surface area (Å²) in [5, 5.41) is 0. The van der Waals surface area contributed by atoms with Gasteiger partial charge >= 0.3 is 6.09 Å². The molecule has 3 rings (SSSR count). The maximum atomic E-state index is 12.4. The van der Waals surface area contributed by atoms with Crippen LogP contribution in [0.2, 0.25) is 0 Å². The van der Waals surface area contributed by atoms with Crippen molar-refractivity contribution in [3.8, 4) is 0 Å². The van der Waals surface area contributed by atoms with Gasteiger partial charge in [-0.3, -0.25) is 14.5 Å². The van der Waals surface area contributed by atoms with Gasteiger partial charge in [0.2, 0.25) is 0 Å². The smallest absolute Gasteiger partial charge is 0.411 e. The van der Waals surface area contributed by atoms with E-state index in [9.17, 15) is 9.59 Å². The van der Waals surface area contributed by atoms with E-state index in [4.69, 9.17) is 14.3 Å². The van der Waals surface area contributed by atoms with Crippen LogP contribution in [0.25, 0.3) is 0 Å². The molecule has 1 N–H and O–H groups in total. The van der Waals surface area contributed by atoms with Gasteiger partial charge in [-0.05, 0) is 26.3 Å². The summed E-state index contributed by atoms with van der Waals surface area (Å²) in [6.07, 6.45) is -0.887. The Balaban J connectivity index is 1.55. The first-order valence-electron chi connectivity index (χ1n) is 7.96. The van der Waals surface area contributed by atoms with Gasteiger partial charge in [-0.1, -0.05) is 30.3 Å². The number of rotatable bonds is 4. The Labute approximate surface area is 140 Å². The molecule has 0 aliphatic carbocycles. The summed E-state index contributed by atoms with van der Waals surface area (Å²) in [5.74, 6) is -0.401. The third-order valence-corrected chi connectivity index (χ3v) is 3.80. The fourth-order valence-electron chi connectivity index (χ4n) is 2.69. The molecule has 0 unspecified atom stereocenters. The molecule has 3 atom stereocenters. The van der Waals surface area contributed by atoms with Gasteiger partial charge in [0.15, 0.2) is 0 Å². The Morgan fingerprint density at radius 2 is 2.00 bits per heavy atom. The molecule has 2 saturated heterocycles. The predicted molar refractivity (Wildman–Crippen MR) is 84.8 cm³/mol. The molecule has 0 bridgehead atoms. The van der Waals surface area contributed by atoms with Crippen molar-refractivity contribution < 1.29 is 23.9 Å². The van der Waals surface area contributed by atoms with Crippen LogP contribution >= 0.6 is 0 Å². The highest BCUT2D eigenvalue weighted by Gasteiger charge is 2.60. The Bertz CT molecular complexity index is 613. The minimum Gasteiger partial charge on any atom is -0.444 e. The van der Waals surface area contributed by atoms with Crippen LogP contribution in [0.3, 0.4) is 0 Å². The zero-order valence-corrected chi connectivity index (χ0v) is 14.0. The van der Waals surface area contributed by atoms with Crippen LogP contribution < -0.4 is 5.48 Å². The monoisotopic (exact) mass is 334 g/mol. The van der Waals surface area contributed by atoms with E-state index in [2.05, 4.69) is 5.48 Å². The first-order chi connectivity index (χ1) is 11.3. The number of ether oxygens (including phenoxy) is 2. The van der Waals surface area contributed by atoms with Crippen molar-refractivity contribution in [1.29, 1.82) is 0 Å². The predicted octanol–water partition coefficient (Wildman–Crippen LogP) is 1.62. The maximum absolute atomic E-state index is 12.4. The Morgan fingerprint density at radius 3 is 2.67 bits per heavy atom. The molecule has 0 saturated carbocycles. The Hall–Kier alpha value is -2.12. The van der Waals surface area contributed by atoms with Crippen LogP contribution in [0.15, 0.2) is 30.3 Å². The van der Waals surface area contributed by atoms with Crippen molar-refractivity contribution in [2.24, 2.45) is 0 Å². The molecular weight excluding hydrogens is 312 g/mol. The second kappa shape index (κ2) is 6.41. The number of fused-ring (bicyclic) bond motifs is 1. The van der Waals surface area contributed by atoms with Gasteiger partial charge < -0.3 is 9.47 Å². The Morgan fingerprint density at radius 1 is 1.29 bits per heavy atom. The topological polar surface area (TPSA) is 80.4 Å². The van der Waals surface area contributed by atoms with E-state index in [1.54, 1.807) is 20.8 Å². The quantitative estimate of drug-likeness (QED) is 0.668. The summed E-state index contributed by atoms with van der Waals surface area (Å²) in [5.41, 5.74) is 2.73. The molecule has 130 valence electrons. The van der Waals surface area contributed by atoms with Crippen LogP contribution in [0.1, 0.15) is 26.3 Å². The lowest BCUT2D eigenvalue weighted by molar-refractivity contribution is -0.140. The van der Waals surface area contributed by atoms with Gasteiger partial charge in [-0.25, -0.2) is 10.3 Å². The fourth-order valence-corrected chi connectivity index (χ4v) is 2.69. The van der Waals surface area contributed by atoms with Gasteiger partial charge in [-0.15, -0.1) is 0 Å². The maximum Gasteiger partial charge on any atom is 0.411 e. The minimum atomic E-state index is -0.722. The normalized spacial score (nSPS) is 25.1. The van der Waals surface area contributed by atoms with E-state index >= 15 is 0 Å². The number of carbonyl (C=O) groups is 2. The van der Waals surface area contributed by atoms with Crippen molar-refractivity contribution >= 4 is 12.0 Å². The van der Waals surface area contributed by atoms with E-state index in [-0.39, 0.29) is 18.8 Å². The summed E-state index contributed by atoms with van der Waals surface area (Å²) in [6.45, 7) is 5.97. The zero-order valence-electron chi connectivity index (χ0n) is 14.0. The lowest BCUT2D eigenvalue weighted by Gasteiger charge is -2.29. The highest BCUT2D eigenvalue weighted by Crippen LogP contribution is 2.37. The number of amides is 2. The largest absolute Gasteiger partial charge is 0.444 e. The third kappa shape index (κ3) is 3.85. The summed E-state index contributed by atoms with van der Waals surface area (Å²) in [6, 6.07) is 8.77. The summed E-state index contributed by atoms with van der Waals surface area (Å²) in [4.78, 5) is 31.3. The molecule has 24 heavy (non-hydrogen) atoms. The standard InChI is InChI=1S/C17H22N2O5/c1-17(2,3)24-16(21)19-9-12-14(23-12)13(19)15(20)18-22-10-11-7-5-4-6-8-11/h4-8,12-14H,9-10H2,1-3H3,(H,18,20)/t12-,13-,14-/m0/s1. The highest BCUT2D eigenvalue weighted by atomic mass is 16.7. The first kappa shape index (κ1) is 16.7. The van der Waals surface area contributed by atoms with E-state index < -0.39 is 23.6 Å². The molecule has 7 heteroatoms. The van der Waals surface area contributed by atoms with Crippen LogP contribution in [0, 0.1) is 0 Å². The minimum absolute atomic E-state index is 0.0950. The number of likely N-dealkylation sites (tertiary alicyclic amines) is 1. The van der Waals surface area contributed by atoms with Crippen LogP contribution in [-0.2, 0) is 25.7 Å². The number of epoxide rings is 1. The lowest BCUT2D eigenvalue weighted by atomic mass is 10.2. The van der Waals surface area contributed by atoms with Crippen molar-refractivity contribution in [2.45, 2.75) is 51.2 Å². The average Bonchev–Trinajstić information content (AvgIpc) is 3.16. The van der Waals surface area contributed by atoms with Gasteiger partial charge in [0.25, 0.3) is 5.91 Å². The van der Waals surface area contributed by atoms with E-state index in [0.29, 0.717) is 6.54 Å². The fraction of sp³-hybridized carbons (Fsp3) is 0.529. The number of morpholine rings is 1. The van der Waals surface area contributed by atoms with E-state index in [1.165, 1.54) is 4.90 Å². The van der Waals surface area contributed by atoms with Crippen molar-refractivity contribution in [3.63, 3.8) is 0 Å². The molecule has 2 aliphatic rings. The molecule has 2 fully saturated rings. The second-order valence-corrected chi connectivity index (χ2v) is 6.96. The number of nitrogens with one attached hydrogen (secondary N) is 1. The molecule has 2 aliphatic heterocycles. The molecule has 0 spiro atoms. The van der Waals surface area contributed by atoms with Crippen LogP contribution in [-0.4, -0.2) is 47.3 Å². The van der Waals surface area contributed by atoms with Crippen molar-refractivity contribution in [1.82, 2.24) is 10.4 Å². The number of hydrogen-bond acceptors (Lipinski definition) is 5. The number of nitrogens with zero attached hydrogens (tertiary/aromatic N) is 1. The molecule has 2 amide bonds. The molecular formula is C17H22N2O5. The van der Waals surface area contributed by atoms with Crippen LogP contribution in [0.4, 0.5) is 4.79 Å². The van der Waals surface area contributed by atoms with Crippen LogP contribution in [0.5, 0.6) is 0 Å². The van der Waals surface area contributed by atoms with Gasteiger partial charge in [-0.2, -0.15) is 0 Å². The molecule has 1 aromatic carbocycles. The number of carbonyl (C=O) groups excluding carboxylic acids is 2. The third-order valence-electron chi connectivity index (χ3n) is 3.80. The number of hydrogen-bond donors (Lipinski definition) is 1. The van der Waals surface area contributed by atoms with Gasteiger partial charge in [0.1, 0.15) is 23.9 Å². The lowest BCUT2D eigenvalue weighted by Crippen LogP contribution is -2.50. The van der Waals surface area contributed by atoms with E-state index in [1.807, 2.05) is 30.3 Å². The second-order valence-electron chi connectivity index (χ2n) is 6.96. The highest BCUT2D eigenvalue weighted by molar-refractivity contribution is 5.87. The van der Waals surface area contributed by atoms with Gasteiger partial charge in [0.05, 0.1) is 13.2 Å². The van der Waals surface area contributed by atoms with Gasteiger partial charge in [0, 0.05) is 0 Å². The average molecular weight is 334 g/mol. The Kier molecular flexibility index (Phi) is 4.47. The molecule has 0 aromatic heterocycles. The summed E-state index contributed by atoms with van der Waals surface area (Å²) < 4.78 is 10.8.